The minimum absolute atomic E-state index is 0.0586. The lowest BCUT2D eigenvalue weighted by Crippen LogP contribution is -2.57. The van der Waals surface area contributed by atoms with E-state index in [4.69, 9.17) is 0 Å². The van der Waals surface area contributed by atoms with Crippen LogP contribution in [0.5, 0.6) is 0 Å². The molecule has 1 fully saturated rings. The highest BCUT2D eigenvalue weighted by Gasteiger charge is 2.31. The summed E-state index contributed by atoms with van der Waals surface area (Å²) in [6.45, 7) is 6.44. The number of piperazine rings is 1. The molecule has 1 aliphatic heterocycles. The molecule has 6 nitrogen and oxygen atoms in total. The van der Waals surface area contributed by atoms with E-state index in [1.165, 1.54) is 6.20 Å². The summed E-state index contributed by atoms with van der Waals surface area (Å²) < 4.78 is 0.887. The Morgan fingerprint density at radius 3 is 2.91 bits per heavy atom. The molecule has 0 radical (unpaired) electrons. The Bertz CT molecular complexity index is 748. The van der Waals surface area contributed by atoms with Gasteiger partial charge in [-0.1, -0.05) is 15.9 Å². The van der Waals surface area contributed by atoms with Crippen LogP contribution in [-0.2, 0) is 0 Å². The van der Waals surface area contributed by atoms with Crippen molar-refractivity contribution < 1.29 is 4.92 Å². The predicted molar refractivity (Wildman–Crippen MR) is 90.4 cm³/mol. The molecule has 0 saturated carbocycles. The molecular formula is C15H17BrN4O2. The molecule has 2 aromatic rings. The smallest absolute Gasteiger partial charge is 0.311 e. The molecular weight excluding hydrogens is 348 g/mol. The summed E-state index contributed by atoms with van der Waals surface area (Å²) in [4.78, 5) is 17.4. The van der Waals surface area contributed by atoms with Crippen LogP contribution in [-0.4, -0.2) is 35.1 Å². The molecule has 1 aliphatic rings. The van der Waals surface area contributed by atoms with E-state index in [0.29, 0.717) is 12.2 Å². The molecule has 1 aromatic carbocycles. The van der Waals surface area contributed by atoms with Gasteiger partial charge in [-0.25, -0.2) is 4.98 Å². The standard InChI is InChI=1S/C15H17BrN4O2/c1-15(2)9-19(6-5-18-15)14-11-7-10(16)3-4-12(11)17-8-13(14)20(21)22/h3-4,7-8,18H,5-6,9H2,1-2H3. The summed E-state index contributed by atoms with van der Waals surface area (Å²) in [7, 11) is 0. The van der Waals surface area contributed by atoms with Crippen molar-refractivity contribution in [2.45, 2.75) is 19.4 Å². The SMILES string of the molecule is CC1(C)CN(c2c([N+](=O)[O-])cnc3ccc(Br)cc23)CCN1. The molecule has 0 unspecified atom stereocenters. The second kappa shape index (κ2) is 5.48. The number of hydrogen-bond acceptors (Lipinski definition) is 5. The van der Waals surface area contributed by atoms with Crippen LogP contribution in [0.2, 0.25) is 0 Å². The van der Waals surface area contributed by atoms with Gasteiger partial charge < -0.3 is 10.2 Å². The molecule has 7 heteroatoms. The number of fused-ring (bicyclic) bond motifs is 1. The molecule has 3 rings (SSSR count). The number of pyridine rings is 1. The Morgan fingerprint density at radius 2 is 2.23 bits per heavy atom. The lowest BCUT2D eigenvalue weighted by atomic mass is 10.0. The molecule has 0 atom stereocenters. The summed E-state index contributed by atoms with van der Waals surface area (Å²) in [6, 6.07) is 5.67. The third kappa shape index (κ3) is 2.78. The first-order valence-electron chi connectivity index (χ1n) is 7.10. The van der Waals surface area contributed by atoms with Crippen LogP contribution in [0.3, 0.4) is 0 Å². The molecule has 116 valence electrons. The van der Waals surface area contributed by atoms with Gasteiger partial charge in [0, 0.05) is 35.0 Å². The fourth-order valence-corrected chi connectivity index (χ4v) is 3.30. The lowest BCUT2D eigenvalue weighted by Gasteiger charge is -2.40. The molecule has 2 heterocycles. The van der Waals surface area contributed by atoms with E-state index < -0.39 is 0 Å². The zero-order valence-electron chi connectivity index (χ0n) is 12.5. The van der Waals surface area contributed by atoms with E-state index in [1.54, 1.807) is 0 Å². The summed E-state index contributed by atoms with van der Waals surface area (Å²) in [6.07, 6.45) is 1.36. The summed E-state index contributed by atoms with van der Waals surface area (Å²) >= 11 is 3.45. The van der Waals surface area contributed by atoms with E-state index in [9.17, 15) is 10.1 Å². The molecule has 0 aliphatic carbocycles. The number of hydrogen-bond donors (Lipinski definition) is 1. The van der Waals surface area contributed by atoms with E-state index in [0.717, 1.165) is 28.5 Å². The summed E-state index contributed by atoms with van der Waals surface area (Å²) in [5, 5.41) is 15.7. The van der Waals surface area contributed by atoms with Crippen molar-refractivity contribution >= 4 is 38.2 Å². The van der Waals surface area contributed by atoms with Crippen LogP contribution < -0.4 is 10.2 Å². The average Bonchev–Trinajstić information content (AvgIpc) is 2.44. The van der Waals surface area contributed by atoms with Crippen LogP contribution in [0.15, 0.2) is 28.9 Å². The van der Waals surface area contributed by atoms with Crippen molar-refractivity contribution in [2.75, 3.05) is 24.5 Å². The van der Waals surface area contributed by atoms with Crippen molar-refractivity contribution in [1.82, 2.24) is 10.3 Å². The summed E-state index contributed by atoms with van der Waals surface area (Å²) in [5.74, 6) is 0. The van der Waals surface area contributed by atoms with Gasteiger partial charge in [-0.3, -0.25) is 10.1 Å². The van der Waals surface area contributed by atoms with Gasteiger partial charge in [0.15, 0.2) is 0 Å². The Labute approximate surface area is 136 Å². The van der Waals surface area contributed by atoms with Gasteiger partial charge in [-0.05, 0) is 32.0 Å². The van der Waals surface area contributed by atoms with Crippen molar-refractivity contribution in [3.8, 4) is 0 Å². The third-order valence-corrected chi connectivity index (χ3v) is 4.36. The maximum atomic E-state index is 11.5. The van der Waals surface area contributed by atoms with Gasteiger partial charge in [0.2, 0.25) is 0 Å². The number of halogens is 1. The molecule has 0 bridgehead atoms. The topological polar surface area (TPSA) is 71.3 Å². The van der Waals surface area contributed by atoms with Crippen molar-refractivity contribution in [1.29, 1.82) is 0 Å². The molecule has 1 N–H and O–H groups in total. The lowest BCUT2D eigenvalue weighted by molar-refractivity contribution is -0.384. The normalized spacial score (nSPS) is 17.7. The zero-order valence-corrected chi connectivity index (χ0v) is 14.1. The highest BCUT2D eigenvalue weighted by atomic mass is 79.9. The molecule has 1 aromatic heterocycles. The monoisotopic (exact) mass is 364 g/mol. The molecule has 0 spiro atoms. The van der Waals surface area contributed by atoms with Crippen LogP contribution in [0.25, 0.3) is 10.9 Å². The minimum atomic E-state index is -0.349. The number of nitrogens with one attached hydrogen (secondary N) is 1. The van der Waals surface area contributed by atoms with Gasteiger partial charge in [-0.2, -0.15) is 0 Å². The number of nitrogens with zero attached hydrogens (tertiary/aromatic N) is 3. The predicted octanol–water partition coefficient (Wildman–Crippen LogP) is 3.09. The Balaban J connectivity index is 2.22. The van der Waals surface area contributed by atoms with Gasteiger partial charge in [-0.15, -0.1) is 0 Å². The second-order valence-electron chi connectivity index (χ2n) is 6.14. The number of rotatable bonds is 2. The van der Waals surface area contributed by atoms with Crippen molar-refractivity contribution in [3.63, 3.8) is 0 Å². The van der Waals surface area contributed by atoms with Gasteiger partial charge in [0.1, 0.15) is 11.9 Å². The van der Waals surface area contributed by atoms with E-state index in [1.807, 2.05) is 18.2 Å². The fourth-order valence-electron chi connectivity index (χ4n) is 2.94. The van der Waals surface area contributed by atoms with Gasteiger partial charge in [0.25, 0.3) is 0 Å². The average molecular weight is 365 g/mol. The maximum Gasteiger partial charge on any atom is 0.311 e. The Morgan fingerprint density at radius 1 is 1.45 bits per heavy atom. The van der Waals surface area contributed by atoms with Crippen molar-refractivity contribution in [3.05, 3.63) is 39.0 Å². The molecule has 0 amide bonds. The van der Waals surface area contributed by atoms with Gasteiger partial charge in [0.05, 0.1) is 10.4 Å². The second-order valence-corrected chi connectivity index (χ2v) is 7.06. The highest BCUT2D eigenvalue weighted by Crippen LogP contribution is 2.37. The number of benzene rings is 1. The fraction of sp³-hybridized carbons (Fsp3) is 0.400. The minimum Gasteiger partial charge on any atom is -0.362 e. The Kier molecular flexibility index (Phi) is 3.78. The Hall–Kier alpha value is -1.73. The highest BCUT2D eigenvalue weighted by molar-refractivity contribution is 9.10. The van der Waals surface area contributed by atoms with Crippen LogP contribution in [0, 0.1) is 10.1 Å². The first-order chi connectivity index (χ1) is 10.4. The largest absolute Gasteiger partial charge is 0.362 e. The first kappa shape index (κ1) is 15.2. The van der Waals surface area contributed by atoms with E-state index in [2.05, 4.69) is 45.0 Å². The van der Waals surface area contributed by atoms with E-state index in [-0.39, 0.29) is 16.1 Å². The van der Waals surface area contributed by atoms with Gasteiger partial charge >= 0.3 is 5.69 Å². The molecule has 22 heavy (non-hydrogen) atoms. The third-order valence-electron chi connectivity index (χ3n) is 3.87. The summed E-state index contributed by atoms with van der Waals surface area (Å²) in [5.41, 5.74) is 1.39. The first-order valence-corrected chi connectivity index (χ1v) is 7.89. The number of aromatic nitrogens is 1. The number of anilines is 1. The van der Waals surface area contributed by atoms with Crippen LogP contribution in [0.1, 0.15) is 13.8 Å². The van der Waals surface area contributed by atoms with Crippen LogP contribution >= 0.6 is 15.9 Å². The van der Waals surface area contributed by atoms with Crippen molar-refractivity contribution in [2.24, 2.45) is 0 Å². The quantitative estimate of drug-likeness (QED) is 0.654. The number of nitro groups is 1. The maximum absolute atomic E-state index is 11.5. The van der Waals surface area contributed by atoms with E-state index >= 15 is 0 Å². The van der Waals surface area contributed by atoms with Crippen LogP contribution in [0.4, 0.5) is 11.4 Å². The molecule has 1 saturated heterocycles. The zero-order chi connectivity index (χ0) is 15.9.